The normalized spacial score (nSPS) is 13.9. The SMILES string of the molecule is CC(O)(C(=O)Nc1ccc(S(=O)(=O)c2ccc(NCCOCCO)cc2)cc1Cl)C(F)(F)F. The van der Waals surface area contributed by atoms with Gasteiger partial charge in [0, 0.05) is 12.2 Å². The highest BCUT2D eigenvalue weighted by atomic mass is 35.5. The molecule has 0 saturated heterocycles. The molecule has 0 aromatic heterocycles. The number of aliphatic hydroxyl groups excluding tert-OH is 1. The van der Waals surface area contributed by atoms with Crippen LogP contribution in [-0.4, -0.2) is 62.7 Å². The van der Waals surface area contributed by atoms with Gasteiger partial charge in [-0.05, 0) is 49.4 Å². The minimum atomic E-state index is -5.22. The van der Waals surface area contributed by atoms with Crippen molar-refractivity contribution in [2.24, 2.45) is 0 Å². The Morgan fingerprint density at radius 3 is 2.24 bits per heavy atom. The molecular weight excluding hydrogens is 489 g/mol. The second-order valence-corrected chi connectivity index (χ2v) is 9.31. The van der Waals surface area contributed by atoms with Crippen molar-refractivity contribution < 1.29 is 41.3 Å². The Hall–Kier alpha value is -2.38. The molecule has 1 unspecified atom stereocenters. The second-order valence-electron chi connectivity index (χ2n) is 6.96. The van der Waals surface area contributed by atoms with Crippen LogP contribution < -0.4 is 10.6 Å². The topological polar surface area (TPSA) is 125 Å². The number of aliphatic hydroxyl groups is 2. The van der Waals surface area contributed by atoms with Gasteiger partial charge in [-0.25, -0.2) is 8.42 Å². The van der Waals surface area contributed by atoms with E-state index in [0.717, 1.165) is 18.2 Å². The third kappa shape index (κ3) is 6.58. The predicted molar refractivity (Wildman–Crippen MR) is 115 cm³/mol. The van der Waals surface area contributed by atoms with Crippen molar-refractivity contribution in [3.05, 3.63) is 47.5 Å². The summed E-state index contributed by atoms with van der Waals surface area (Å²) in [5.74, 6) is -1.77. The van der Waals surface area contributed by atoms with Gasteiger partial charge in [-0.3, -0.25) is 4.79 Å². The van der Waals surface area contributed by atoms with Crippen molar-refractivity contribution in [1.82, 2.24) is 0 Å². The lowest BCUT2D eigenvalue weighted by Gasteiger charge is -2.25. The van der Waals surface area contributed by atoms with E-state index in [1.165, 1.54) is 24.3 Å². The summed E-state index contributed by atoms with van der Waals surface area (Å²) in [5.41, 5.74) is -3.33. The molecule has 0 bridgehead atoms. The molecule has 0 saturated carbocycles. The minimum absolute atomic E-state index is 0.0579. The number of carbonyl (C=O) groups is 1. The zero-order chi connectivity index (χ0) is 24.9. The van der Waals surface area contributed by atoms with Crippen LogP contribution in [0.15, 0.2) is 52.3 Å². The summed E-state index contributed by atoms with van der Waals surface area (Å²) in [4.78, 5) is 11.5. The van der Waals surface area contributed by atoms with Crippen molar-refractivity contribution in [3.8, 4) is 0 Å². The Morgan fingerprint density at radius 2 is 1.70 bits per heavy atom. The highest BCUT2D eigenvalue weighted by Gasteiger charge is 2.55. The van der Waals surface area contributed by atoms with Gasteiger partial charge in [0.1, 0.15) is 0 Å². The Morgan fingerprint density at radius 1 is 1.09 bits per heavy atom. The molecule has 1 amide bonds. The van der Waals surface area contributed by atoms with Crippen LogP contribution in [0.2, 0.25) is 5.02 Å². The van der Waals surface area contributed by atoms with Crippen LogP contribution in [0.4, 0.5) is 24.5 Å². The van der Waals surface area contributed by atoms with Gasteiger partial charge in [-0.2, -0.15) is 13.2 Å². The summed E-state index contributed by atoms with van der Waals surface area (Å²) in [7, 11) is -4.01. The maximum absolute atomic E-state index is 12.9. The number of carbonyl (C=O) groups excluding carboxylic acids is 1. The molecule has 1 atom stereocenters. The van der Waals surface area contributed by atoms with Crippen LogP contribution in [0, 0.1) is 0 Å². The predicted octanol–water partition coefficient (Wildman–Crippen LogP) is 2.85. The molecule has 2 aromatic carbocycles. The van der Waals surface area contributed by atoms with Crippen LogP contribution in [0.25, 0.3) is 0 Å². The van der Waals surface area contributed by atoms with E-state index in [-0.39, 0.29) is 40.6 Å². The summed E-state index contributed by atoms with van der Waals surface area (Å²) in [6.07, 6.45) is -5.22. The number of sulfone groups is 1. The summed E-state index contributed by atoms with van der Waals surface area (Å²) >= 11 is 5.97. The second kappa shape index (κ2) is 10.7. The average Bonchev–Trinajstić information content (AvgIpc) is 2.74. The number of halogens is 4. The first-order valence-corrected chi connectivity index (χ1v) is 11.3. The van der Waals surface area contributed by atoms with Crippen molar-refractivity contribution in [3.63, 3.8) is 0 Å². The lowest BCUT2D eigenvalue weighted by Crippen LogP contribution is -2.52. The third-order valence-electron chi connectivity index (χ3n) is 4.47. The summed E-state index contributed by atoms with van der Waals surface area (Å²) in [6, 6.07) is 8.88. The number of hydrogen-bond donors (Lipinski definition) is 4. The molecule has 0 aliphatic heterocycles. The first kappa shape index (κ1) is 26.9. The van der Waals surface area contributed by atoms with Crippen LogP contribution in [0.5, 0.6) is 0 Å². The number of hydrogen-bond acceptors (Lipinski definition) is 7. The fraction of sp³-hybridized carbons (Fsp3) is 0.350. The van der Waals surface area contributed by atoms with E-state index in [1.54, 1.807) is 0 Å². The number of benzene rings is 2. The highest BCUT2D eigenvalue weighted by Crippen LogP contribution is 2.33. The van der Waals surface area contributed by atoms with E-state index in [1.807, 2.05) is 5.32 Å². The number of amides is 1. The quantitative estimate of drug-likeness (QED) is 0.362. The lowest BCUT2D eigenvalue weighted by molar-refractivity contribution is -0.242. The van der Waals surface area contributed by atoms with Crippen molar-refractivity contribution in [2.75, 3.05) is 37.0 Å². The maximum Gasteiger partial charge on any atom is 0.426 e. The number of anilines is 2. The van der Waals surface area contributed by atoms with E-state index in [9.17, 15) is 31.5 Å². The maximum atomic E-state index is 12.9. The number of alkyl halides is 3. The van der Waals surface area contributed by atoms with Crippen molar-refractivity contribution in [1.29, 1.82) is 0 Å². The number of nitrogens with one attached hydrogen (secondary N) is 2. The first-order chi connectivity index (χ1) is 15.3. The van der Waals surface area contributed by atoms with Crippen LogP contribution >= 0.6 is 11.6 Å². The molecular formula is C20H22ClF3N2O6S. The summed E-state index contributed by atoms with van der Waals surface area (Å²) < 4.78 is 69.2. The lowest BCUT2D eigenvalue weighted by atomic mass is 10.1. The molecule has 0 heterocycles. The van der Waals surface area contributed by atoms with E-state index in [4.69, 9.17) is 21.4 Å². The van der Waals surface area contributed by atoms with Crippen LogP contribution in [0.1, 0.15) is 6.92 Å². The van der Waals surface area contributed by atoms with Gasteiger partial charge in [0.05, 0.1) is 40.3 Å². The standard InChI is InChI=1S/C20H22ClF3N2O6S/c1-19(29,20(22,23)24)18(28)26-17-7-6-15(12-16(17)21)33(30,31)14-4-2-13(3-5-14)25-8-10-32-11-9-27/h2-7,12,25,27,29H,8-11H2,1H3,(H,26,28). The van der Waals surface area contributed by atoms with Gasteiger partial charge in [-0.15, -0.1) is 0 Å². The van der Waals surface area contributed by atoms with Crippen LogP contribution in [0.3, 0.4) is 0 Å². The van der Waals surface area contributed by atoms with Crippen molar-refractivity contribution >= 4 is 38.7 Å². The van der Waals surface area contributed by atoms with Gasteiger partial charge in [0.2, 0.25) is 15.4 Å². The number of ether oxygens (including phenoxy) is 1. The molecule has 2 aromatic rings. The molecule has 8 nitrogen and oxygen atoms in total. The summed E-state index contributed by atoms with van der Waals surface area (Å²) in [5, 5.41) is 22.6. The summed E-state index contributed by atoms with van der Waals surface area (Å²) in [6.45, 7) is 1.20. The Bertz CT molecular complexity index is 1080. The average molecular weight is 511 g/mol. The zero-order valence-electron chi connectivity index (χ0n) is 17.3. The molecule has 0 aliphatic carbocycles. The Labute approximate surface area is 193 Å². The first-order valence-electron chi connectivity index (χ1n) is 9.48. The monoisotopic (exact) mass is 510 g/mol. The molecule has 0 radical (unpaired) electrons. The molecule has 2 rings (SSSR count). The fourth-order valence-corrected chi connectivity index (χ4v) is 4.04. The third-order valence-corrected chi connectivity index (χ3v) is 6.55. The molecule has 13 heteroatoms. The van der Waals surface area contributed by atoms with Gasteiger partial charge < -0.3 is 25.6 Å². The molecule has 4 N–H and O–H groups in total. The van der Waals surface area contributed by atoms with E-state index in [0.29, 0.717) is 18.8 Å². The molecule has 0 fully saturated rings. The van der Waals surface area contributed by atoms with E-state index in [2.05, 4.69) is 5.32 Å². The molecule has 182 valence electrons. The molecule has 33 heavy (non-hydrogen) atoms. The molecule has 0 aliphatic rings. The van der Waals surface area contributed by atoms with Crippen molar-refractivity contribution in [2.45, 2.75) is 28.5 Å². The van der Waals surface area contributed by atoms with E-state index >= 15 is 0 Å². The minimum Gasteiger partial charge on any atom is -0.394 e. The van der Waals surface area contributed by atoms with E-state index < -0.39 is 27.5 Å². The Balaban J connectivity index is 2.14. The smallest absolute Gasteiger partial charge is 0.394 e. The highest BCUT2D eigenvalue weighted by molar-refractivity contribution is 7.91. The zero-order valence-corrected chi connectivity index (χ0v) is 18.9. The Kier molecular flexibility index (Phi) is 8.71. The number of rotatable bonds is 10. The van der Waals surface area contributed by atoms with Gasteiger partial charge in [0.15, 0.2) is 0 Å². The van der Waals surface area contributed by atoms with Gasteiger partial charge in [0.25, 0.3) is 5.91 Å². The largest absolute Gasteiger partial charge is 0.426 e. The van der Waals surface area contributed by atoms with Crippen LogP contribution in [-0.2, 0) is 19.4 Å². The molecule has 0 spiro atoms. The fourth-order valence-electron chi connectivity index (χ4n) is 2.46. The van der Waals surface area contributed by atoms with Gasteiger partial charge in [-0.1, -0.05) is 11.6 Å². The van der Waals surface area contributed by atoms with Gasteiger partial charge >= 0.3 is 6.18 Å².